The normalized spacial score (nSPS) is 12.0. The van der Waals surface area contributed by atoms with Crippen LogP contribution in [0.3, 0.4) is 0 Å². The van der Waals surface area contributed by atoms with Gasteiger partial charge in [-0.25, -0.2) is 0 Å². The van der Waals surface area contributed by atoms with Crippen molar-refractivity contribution in [1.82, 2.24) is 5.32 Å². The van der Waals surface area contributed by atoms with Gasteiger partial charge in [0.25, 0.3) is 0 Å². The Labute approximate surface area is 330 Å². The Balaban J connectivity index is 4.37. The molecule has 0 fully saturated rings. The van der Waals surface area contributed by atoms with Crippen LogP contribution in [-0.2, 0) is 33.4 Å². The van der Waals surface area contributed by atoms with Gasteiger partial charge in [0.2, 0.25) is 5.91 Å². The van der Waals surface area contributed by atoms with Crippen LogP contribution in [0.4, 0.5) is 0 Å². The summed E-state index contributed by atoms with van der Waals surface area (Å²) in [4.78, 5) is 49.3. The number of amides is 1. The number of nitrogens with one attached hydrogen (secondary N) is 1. The second-order valence-corrected chi connectivity index (χ2v) is 17.1. The zero-order chi connectivity index (χ0) is 39.3. The van der Waals surface area contributed by atoms with Gasteiger partial charge in [0.05, 0.1) is 0 Å². The number of thioether (sulfide) groups is 1. The van der Waals surface area contributed by atoms with Gasteiger partial charge in [-0.05, 0) is 33.6 Å². The first-order valence-corrected chi connectivity index (χ1v) is 23.1. The third kappa shape index (κ3) is 39.7. The molecule has 9 heteroatoms. The van der Waals surface area contributed by atoms with Crippen LogP contribution < -0.4 is 5.32 Å². The van der Waals surface area contributed by atoms with Gasteiger partial charge in [0, 0.05) is 30.8 Å². The van der Waals surface area contributed by atoms with Crippen LogP contribution >= 0.6 is 11.8 Å². The molecule has 0 aliphatic rings. The molecule has 312 valence electrons. The van der Waals surface area contributed by atoms with Gasteiger partial charge >= 0.3 is 17.9 Å². The van der Waals surface area contributed by atoms with Crippen LogP contribution in [0.15, 0.2) is 0 Å². The van der Waals surface area contributed by atoms with Gasteiger partial charge in [-0.2, -0.15) is 11.8 Å². The molecule has 0 aromatic carbocycles. The molecular weight excluding hydrogens is 687 g/mol. The van der Waals surface area contributed by atoms with Gasteiger partial charge in [-0.15, -0.1) is 0 Å². The lowest BCUT2D eigenvalue weighted by atomic mass is 10.0. The molecule has 0 spiro atoms. The van der Waals surface area contributed by atoms with Crippen molar-refractivity contribution < 1.29 is 33.4 Å². The number of carbonyl (C=O) groups excluding carboxylic acids is 4. The molecule has 0 saturated carbocycles. The number of carbonyl (C=O) groups is 4. The molecule has 53 heavy (non-hydrogen) atoms. The lowest BCUT2D eigenvalue weighted by Crippen LogP contribution is -2.34. The number of rotatable bonds is 38. The quantitative estimate of drug-likeness (QED) is 0.0376. The molecular formula is C44H83NO7S. The summed E-state index contributed by atoms with van der Waals surface area (Å²) in [6.07, 6.45) is 32.8. The topological polar surface area (TPSA) is 108 Å². The summed E-state index contributed by atoms with van der Waals surface area (Å²) in [6, 6.07) is 0. The van der Waals surface area contributed by atoms with E-state index in [1.165, 1.54) is 140 Å². The lowest BCUT2D eigenvalue weighted by molar-refractivity contribution is -0.157. The van der Waals surface area contributed by atoms with Crippen molar-refractivity contribution in [2.75, 3.05) is 24.7 Å². The molecule has 0 bridgehead atoms. The summed E-state index contributed by atoms with van der Waals surface area (Å²) in [7, 11) is 0. The highest BCUT2D eigenvalue weighted by atomic mass is 32.2. The monoisotopic (exact) mass is 770 g/mol. The molecule has 8 nitrogen and oxygen atoms in total. The Kier molecular flexibility index (Phi) is 35.9. The number of esters is 3. The predicted octanol–water partition coefficient (Wildman–Crippen LogP) is 12.0. The summed E-state index contributed by atoms with van der Waals surface area (Å²) in [5, 5.41) is 2.59. The molecule has 1 amide bonds. The van der Waals surface area contributed by atoms with Gasteiger partial charge in [-0.1, -0.05) is 168 Å². The van der Waals surface area contributed by atoms with E-state index in [1.54, 1.807) is 20.8 Å². The van der Waals surface area contributed by atoms with Crippen LogP contribution in [0.2, 0.25) is 0 Å². The van der Waals surface area contributed by atoms with Crippen molar-refractivity contribution in [1.29, 1.82) is 0 Å². The first kappa shape index (κ1) is 51.2. The molecule has 1 N–H and O–H groups in total. The fraction of sp³-hybridized carbons (Fsp3) is 0.909. The zero-order valence-electron chi connectivity index (χ0n) is 35.2. The summed E-state index contributed by atoms with van der Waals surface area (Å²) in [5.74, 6) is -0.327. The van der Waals surface area contributed by atoms with Crippen LogP contribution in [0.1, 0.15) is 221 Å². The van der Waals surface area contributed by atoms with E-state index in [-0.39, 0.29) is 37.4 Å². The number of unbranched alkanes of at least 4 members (excludes halogenated alkanes) is 24. The third-order valence-corrected chi connectivity index (χ3v) is 10.4. The Hall–Kier alpha value is -1.77. The minimum absolute atomic E-state index is 0.0272. The van der Waals surface area contributed by atoms with Gasteiger partial charge in [0.1, 0.15) is 24.9 Å². The molecule has 0 saturated heterocycles. The average Bonchev–Trinajstić information content (AvgIpc) is 3.11. The minimum atomic E-state index is -0.605. The lowest BCUT2D eigenvalue weighted by Gasteiger charge is -2.19. The molecule has 0 aliphatic carbocycles. The first-order valence-electron chi connectivity index (χ1n) is 22.0. The molecule has 0 aromatic rings. The van der Waals surface area contributed by atoms with Crippen LogP contribution in [-0.4, -0.2) is 60.2 Å². The van der Waals surface area contributed by atoms with E-state index < -0.39 is 17.7 Å². The SMILES string of the molecule is CCCCCCCCCCCCCCCC(=O)OCC(CSCCC(=O)NCC(=O)OC(C)(C)C)OC(=O)CCCCCCCCCCCCCCC. The second kappa shape index (κ2) is 37.2. The summed E-state index contributed by atoms with van der Waals surface area (Å²) in [5.41, 5.74) is -0.605. The molecule has 0 aromatic heterocycles. The van der Waals surface area contributed by atoms with E-state index in [9.17, 15) is 19.2 Å². The van der Waals surface area contributed by atoms with Crippen molar-refractivity contribution in [2.45, 2.75) is 233 Å². The maximum Gasteiger partial charge on any atom is 0.325 e. The number of hydrogen-bond donors (Lipinski definition) is 1. The Morgan fingerprint density at radius 1 is 0.528 bits per heavy atom. The smallest absolute Gasteiger partial charge is 0.325 e. The van der Waals surface area contributed by atoms with Gasteiger partial charge in [0.15, 0.2) is 0 Å². The van der Waals surface area contributed by atoms with Crippen molar-refractivity contribution in [3.05, 3.63) is 0 Å². The van der Waals surface area contributed by atoms with Crippen molar-refractivity contribution in [3.63, 3.8) is 0 Å². The van der Waals surface area contributed by atoms with E-state index in [1.807, 2.05) is 0 Å². The van der Waals surface area contributed by atoms with Crippen LogP contribution in [0, 0.1) is 0 Å². The standard InChI is InChI=1S/C44H83NO7S/c1-6-8-10-12-14-16-18-20-22-24-26-28-30-32-41(47)50-37-39(38-53-35-34-40(46)45-36-43(49)52-44(3,4)5)51-42(48)33-31-29-27-25-23-21-19-17-15-13-11-9-7-2/h39H,6-38H2,1-5H3,(H,45,46). The van der Waals surface area contributed by atoms with Crippen LogP contribution in [0.25, 0.3) is 0 Å². The number of ether oxygens (including phenoxy) is 3. The number of hydrogen-bond acceptors (Lipinski definition) is 8. The third-order valence-electron chi connectivity index (χ3n) is 9.32. The van der Waals surface area contributed by atoms with E-state index in [2.05, 4.69) is 19.2 Å². The Morgan fingerprint density at radius 3 is 1.34 bits per heavy atom. The first-order chi connectivity index (χ1) is 25.6. The molecule has 0 radical (unpaired) electrons. The largest absolute Gasteiger partial charge is 0.462 e. The highest BCUT2D eigenvalue weighted by Crippen LogP contribution is 2.16. The zero-order valence-corrected chi connectivity index (χ0v) is 36.0. The average molecular weight is 770 g/mol. The fourth-order valence-electron chi connectivity index (χ4n) is 6.21. The predicted molar refractivity (Wildman–Crippen MR) is 222 cm³/mol. The highest BCUT2D eigenvalue weighted by Gasteiger charge is 2.19. The highest BCUT2D eigenvalue weighted by molar-refractivity contribution is 7.99. The van der Waals surface area contributed by atoms with Crippen molar-refractivity contribution in [3.8, 4) is 0 Å². The van der Waals surface area contributed by atoms with Crippen molar-refractivity contribution >= 4 is 35.6 Å². The van der Waals surface area contributed by atoms with E-state index in [4.69, 9.17) is 14.2 Å². The minimum Gasteiger partial charge on any atom is -0.462 e. The van der Waals surface area contributed by atoms with E-state index in [0.29, 0.717) is 24.3 Å². The molecule has 0 heterocycles. The maximum atomic E-state index is 12.7. The fourth-order valence-corrected chi connectivity index (χ4v) is 7.13. The van der Waals surface area contributed by atoms with Gasteiger partial charge < -0.3 is 19.5 Å². The molecule has 0 rings (SSSR count). The van der Waals surface area contributed by atoms with E-state index >= 15 is 0 Å². The van der Waals surface area contributed by atoms with Gasteiger partial charge in [-0.3, -0.25) is 19.2 Å². The summed E-state index contributed by atoms with van der Waals surface area (Å²) in [6.45, 7) is 9.71. The molecule has 0 aliphatic heterocycles. The second-order valence-electron chi connectivity index (χ2n) is 16.0. The maximum absolute atomic E-state index is 12.7. The summed E-state index contributed by atoms with van der Waals surface area (Å²) >= 11 is 1.47. The summed E-state index contributed by atoms with van der Waals surface area (Å²) < 4.78 is 16.5. The molecule has 1 atom stereocenters. The Bertz CT molecular complexity index is 891. The van der Waals surface area contributed by atoms with Crippen molar-refractivity contribution in [2.24, 2.45) is 0 Å². The van der Waals surface area contributed by atoms with Crippen LogP contribution in [0.5, 0.6) is 0 Å². The Morgan fingerprint density at radius 2 is 0.925 bits per heavy atom. The van der Waals surface area contributed by atoms with E-state index in [0.717, 1.165) is 38.5 Å². The molecule has 1 unspecified atom stereocenters.